The molecule has 2 N–H and O–H groups in total. The molecule has 0 radical (unpaired) electrons. The van der Waals surface area contributed by atoms with Crippen LogP contribution in [0.1, 0.15) is 5.56 Å². The molecule has 6 heteroatoms. The number of hydrogen-bond acceptors (Lipinski definition) is 4. The average molecular weight is 283 g/mol. The topological polar surface area (TPSA) is 73.1 Å². The molecule has 1 aromatic carbocycles. The van der Waals surface area contributed by atoms with Crippen LogP contribution >= 0.6 is 11.6 Å². The van der Waals surface area contributed by atoms with Gasteiger partial charge in [-0.1, -0.05) is 11.6 Å². The Bertz CT molecular complexity index is 657. The Labute approximate surface area is 110 Å². The van der Waals surface area contributed by atoms with E-state index in [1.165, 1.54) is 18.2 Å². The highest BCUT2D eigenvalue weighted by Crippen LogP contribution is 2.24. The second kappa shape index (κ2) is 4.96. The van der Waals surface area contributed by atoms with Gasteiger partial charge >= 0.3 is 0 Å². The standard InChI is InChI=1S/C12H11ClN2O2S/c13-11-7-10(1-2-12(11)14)18(16,17)8-9-3-5-15-6-4-9/h1-7H,8,14H2. The Hall–Kier alpha value is -1.59. The third-order valence-electron chi connectivity index (χ3n) is 2.44. The van der Waals surface area contributed by atoms with Crippen LogP contribution in [0.25, 0.3) is 0 Å². The van der Waals surface area contributed by atoms with Crippen molar-refractivity contribution < 1.29 is 8.42 Å². The number of halogens is 1. The molecular formula is C12H11ClN2O2S. The van der Waals surface area contributed by atoms with Crippen LogP contribution in [0.2, 0.25) is 5.02 Å². The van der Waals surface area contributed by atoms with Gasteiger partial charge in [-0.05, 0) is 35.9 Å². The molecule has 2 aromatic rings. The number of sulfone groups is 1. The minimum Gasteiger partial charge on any atom is -0.398 e. The van der Waals surface area contributed by atoms with Crippen molar-refractivity contribution in [1.82, 2.24) is 4.98 Å². The molecule has 0 unspecified atom stereocenters. The predicted molar refractivity (Wildman–Crippen MR) is 71.0 cm³/mol. The number of nitrogens with zero attached hydrogens (tertiary/aromatic N) is 1. The maximum absolute atomic E-state index is 12.1. The molecule has 0 saturated heterocycles. The molecule has 0 aliphatic rings. The van der Waals surface area contributed by atoms with Gasteiger partial charge in [0.1, 0.15) is 0 Å². The van der Waals surface area contributed by atoms with Gasteiger partial charge in [-0.2, -0.15) is 0 Å². The summed E-state index contributed by atoms with van der Waals surface area (Å²) in [4.78, 5) is 4.01. The Balaban J connectivity index is 2.34. The fraction of sp³-hybridized carbons (Fsp3) is 0.0833. The molecule has 1 aromatic heterocycles. The summed E-state index contributed by atoms with van der Waals surface area (Å²) in [7, 11) is -3.42. The van der Waals surface area contributed by atoms with Crippen molar-refractivity contribution in [2.45, 2.75) is 10.6 Å². The highest BCUT2D eigenvalue weighted by Gasteiger charge is 2.16. The van der Waals surface area contributed by atoms with Crippen molar-refractivity contribution in [2.75, 3.05) is 5.73 Å². The summed E-state index contributed by atoms with van der Waals surface area (Å²) in [5.41, 5.74) is 6.59. The van der Waals surface area contributed by atoms with Gasteiger partial charge in [-0.25, -0.2) is 8.42 Å². The molecule has 0 bridgehead atoms. The van der Waals surface area contributed by atoms with E-state index in [-0.39, 0.29) is 15.7 Å². The van der Waals surface area contributed by atoms with E-state index in [1.807, 2.05) is 0 Å². The van der Waals surface area contributed by atoms with Gasteiger partial charge in [-0.3, -0.25) is 4.98 Å². The van der Waals surface area contributed by atoms with Crippen molar-refractivity contribution in [3.05, 3.63) is 53.3 Å². The zero-order valence-electron chi connectivity index (χ0n) is 9.38. The highest BCUT2D eigenvalue weighted by atomic mass is 35.5. The molecule has 4 nitrogen and oxygen atoms in total. The SMILES string of the molecule is Nc1ccc(S(=O)(=O)Cc2ccncc2)cc1Cl. The lowest BCUT2D eigenvalue weighted by Gasteiger charge is -2.06. The van der Waals surface area contributed by atoms with Gasteiger partial charge in [0.2, 0.25) is 0 Å². The van der Waals surface area contributed by atoms with E-state index >= 15 is 0 Å². The molecule has 0 aliphatic heterocycles. The van der Waals surface area contributed by atoms with Crippen molar-refractivity contribution >= 4 is 27.1 Å². The molecule has 0 saturated carbocycles. The molecule has 0 aliphatic carbocycles. The number of nitrogens with two attached hydrogens (primary N) is 1. The van der Waals surface area contributed by atoms with Gasteiger partial charge in [0.05, 0.1) is 21.4 Å². The molecule has 0 fully saturated rings. The van der Waals surface area contributed by atoms with Crippen LogP contribution in [-0.4, -0.2) is 13.4 Å². The highest BCUT2D eigenvalue weighted by molar-refractivity contribution is 7.90. The van der Waals surface area contributed by atoms with Gasteiger partial charge in [0.25, 0.3) is 0 Å². The quantitative estimate of drug-likeness (QED) is 0.877. The Kier molecular flexibility index (Phi) is 3.54. The smallest absolute Gasteiger partial charge is 0.182 e. The van der Waals surface area contributed by atoms with E-state index in [2.05, 4.69) is 4.98 Å². The fourth-order valence-electron chi connectivity index (χ4n) is 1.48. The van der Waals surface area contributed by atoms with Crippen LogP contribution in [0.15, 0.2) is 47.6 Å². The first-order valence-electron chi connectivity index (χ1n) is 5.16. The van der Waals surface area contributed by atoms with Gasteiger partial charge in [0, 0.05) is 12.4 Å². The van der Waals surface area contributed by atoms with Crippen LogP contribution in [0.5, 0.6) is 0 Å². The molecule has 1 heterocycles. The van der Waals surface area contributed by atoms with Crippen LogP contribution in [0, 0.1) is 0 Å². The molecule has 0 spiro atoms. The van der Waals surface area contributed by atoms with Crippen molar-refractivity contribution in [3.63, 3.8) is 0 Å². The van der Waals surface area contributed by atoms with Gasteiger partial charge < -0.3 is 5.73 Å². The normalized spacial score (nSPS) is 11.4. The van der Waals surface area contributed by atoms with E-state index in [9.17, 15) is 8.42 Å². The number of aromatic nitrogens is 1. The van der Waals surface area contributed by atoms with Crippen LogP contribution in [-0.2, 0) is 15.6 Å². The number of hydrogen-bond donors (Lipinski definition) is 1. The summed E-state index contributed by atoms with van der Waals surface area (Å²) in [5.74, 6) is -0.0875. The minimum atomic E-state index is -3.42. The van der Waals surface area contributed by atoms with E-state index in [0.29, 0.717) is 11.3 Å². The summed E-state index contributed by atoms with van der Waals surface area (Å²) < 4.78 is 24.3. The first kappa shape index (κ1) is 12.9. The maximum atomic E-state index is 12.1. The first-order chi connectivity index (χ1) is 8.49. The molecule has 0 atom stereocenters. The molecule has 18 heavy (non-hydrogen) atoms. The maximum Gasteiger partial charge on any atom is 0.182 e. The third-order valence-corrected chi connectivity index (χ3v) is 4.45. The lowest BCUT2D eigenvalue weighted by molar-refractivity contribution is 0.595. The van der Waals surface area contributed by atoms with Crippen LogP contribution in [0.3, 0.4) is 0 Å². The summed E-state index contributed by atoms with van der Waals surface area (Å²) in [6, 6.07) is 7.64. The van der Waals surface area contributed by atoms with E-state index < -0.39 is 9.84 Å². The molecular weight excluding hydrogens is 272 g/mol. The van der Waals surface area contributed by atoms with Crippen LogP contribution < -0.4 is 5.73 Å². The average Bonchev–Trinajstić information content (AvgIpc) is 2.33. The van der Waals surface area contributed by atoms with Crippen LogP contribution in [0.4, 0.5) is 5.69 Å². The van der Waals surface area contributed by atoms with E-state index in [0.717, 1.165) is 0 Å². The fourth-order valence-corrected chi connectivity index (χ4v) is 3.10. The zero-order chi connectivity index (χ0) is 13.2. The Morgan fingerprint density at radius 2 is 1.83 bits per heavy atom. The Morgan fingerprint density at radius 3 is 2.44 bits per heavy atom. The lowest BCUT2D eigenvalue weighted by Crippen LogP contribution is -2.05. The molecule has 0 amide bonds. The first-order valence-corrected chi connectivity index (χ1v) is 7.19. The zero-order valence-corrected chi connectivity index (χ0v) is 10.9. The van der Waals surface area contributed by atoms with Gasteiger partial charge in [-0.15, -0.1) is 0 Å². The molecule has 94 valence electrons. The largest absolute Gasteiger partial charge is 0.398 e. The monoisotopic (exact) mass is 282 g/mol. The number of rotatable bonds is 3. The van der Waals surface area contributed by atoms with Crippen molar-refractivity contribution in [2.24, 2.45) is 0 Å². The number of pyridine rings is 1. The summed E-state index contributed by atoms with van der Waals surface area (Å²) in [5, 5.41) is 0.241. The number of anilines is 1. The minimum absolute atomic E-state index is 0.0875. The predicted octanol–water partition coefficient (Wildman–Crippen LogP) is 2.29. The lowest BCUT2D eigenvalue weighted by atomic mass is 10.3. The van der Waals surface area contributed by atoms with Crippen molar-refractivity contribution in [1.29, 1.82) is 0 Å². The van der Waals surface area contributed by atoms with E-state index in [4.69, 9.17) is 17.3 Å². The summed E-state index contributed by atoms with van der Waals surface area (Å²) in [6.07, 6.45) is 3.11. The second-order valence-corrected chi connectivity index (χ2v) is 6.19. The van der Waals surface area contributed by atoms with Crippen molar-refractivity contribution in [3.8, 4) is 0 Å². The van der Waals surface area contributed by atoms with E-state index in [1.54, 1.807) is 24.5 Å². The molecule has 2 rings (SSSR count). The number of nitrogen functional groups attached to an aromatic ring is 1. The summed E-state index contributed by atoms with van der Waals surface area (Å²) in [6.45, 7) is 0. The Morgan fingerprint density at radius 1 is 1.17 bits per heavy atom. The van der Waals surface area contributed by atoms with Gasteiger partial charge in [0.15, 0.2) is 9.84 Å². The summed E-state index contributed by atoms with van der Waals surface area (Å²) >= 11 is 5.82. The third kappa shape index (κ3) is 2.80. The number of benzene rings is 1. The second-order valence-electron chi connectivity index (χ2n) is 3.80.